The molecule has 0 bridgehead atoms. The van der Waals surface area contributed by atoms with E-state index in [2.05, 4.69) is 41.8 Å². The van der Waals surface area contributed by atoms with Gasteiger partial charge in [0.15, 0.2) is 16.6 Å². The van der Waals surface area contributed by atoms with Crippen molar-refractivity contribution in [1.29, 1.82) is 0 Å². The third-order valence-electron chi connectivity index (χ3n) is 3.09. The zero-order valence-corrected chi connectivity index (χ0v) is 13.9. The van der Waals surface area contributed by atoms with Crippen molar-refractivity contribution >= 4 is 23.5 Å². The fraction of sp³-hybridized carbons (Fsp3) is 0.176. The number of benzene rings is 2. The molecular weight excluding hydrogens is 310 g/mol. The number of nitrogens with zero attached hydrogens (tertiary/aromatic N) is 1. The second-order valence-corrected chi connectivity index (χ2v) is 5.36. The first-order valence-electron chi connectivity index (χ1n) is 7.03. The first kappa shape index (κ1) is 16.8. The number of hydrazone groups is 1. The van der Waals surface area contributed by atoms with E-state index in [-0.39, 0.29) is 5.11 Å². The Kier molecular flexibility index (Phi) is 5.94. The van der Waals surface area contributed by atoms with Gasteiger partial charge in [0, 0.05) is 0 Å². The fourth-order valence-corrected chi connectivity index (χ4v) is 1.95. The minimum Gasteiger partial charge on any atom is -0.493 e. The molecule has 2 aromatic rings. The lowest BCUT2D eigenvalue weighted by Gasteiger charge is -2.11. The number of nitrogens with two attached hydrogens (primary N) is 1. The highest BCUT2D eigenvalue weighted by molar-refractivity contribution is 7.80. The van der Waals surface area contributed by atoms with Crippen LogP contribution in [-0.4, -0.2) is 18.4 Å². The molecule has 2 rings (SSSR count). The molecule has 0 amide bonds. The van der Waals surface area contributed by atoms with Gasteiger partial charge in [0.1, 0.15) is 6.61 Å². The molecule has 0 unspecified atom stereocenters. The molecule has 0 radical (unpaired) electrons. The lowest BCUT2D eigenvalue weighted by molar-refractivity contribution is 0.284. The van der Waals surface area contributed by atoms with Crippen LogP contribution < -0.4 is 20.6 Å². The predicted octanol–water partition coefficient (Wildman–Crippen LogP) is 2.75. The molecule has 2 aromatic carbocycles. The molecule has 0 saturated heterocycles. The molecular formula is C17H19N3O2S. The van der Waals surface area contributed by atoms with Gasteiger partial charge in [-0.1, -0.05) is 29.8 Å². The van der Waals surface area contributed by atoms with Crippen LogP contribution in [0.25, 0.3) is 0 Å². The van der Waals surface area contributed by atoms with Gasteiger partial charge >= 0.3 is 0 Å². The van der Waals surface area contributed by atoms with Gasteiger partial charge < -0.3 is 15.2 Å². The Morgan fingerprint density at radius 2 is 1.96 bits per heavy atom. The van der Waals surface area contributed by atoms with E-state index in [1.165, 1.54) is 5.56 Å². The third kappa shape index (κ3) is 5.27. The van der Waals surface area contributed by atoms with Crippen molar-refractivity contribution in [2.45, 2.75) is 13.5 Å². The summed E-state index contributed by atoms with van der Waals surface area (Å²) < 4.78 is 11.2. The molecule has 0 aliphatic carbocycles. The quantitative estimate of drug-likeness (QED) is 0.484. The molecule has 0 aliphatic rings. The van der Waals surface area contributed by atoms with Gasteiger partial charge in [0.05, 0.1) is 13.3 Å². The maximum Gasteiger partial charge on any atom is 0.184 e. The van der Waals surface area contributed by atoms with Crippen molar-refractivity contribution in [3.05, 3.63) is 59.2 Å². The lowest BCUT2D eigenvalue weighted by atomic mass is 10.2. The maximum atomic E-state index is 5.83. The maximum absolute atomic E-state index is 5.83. The molecule has 23 heavy (non-hydrogen) atoms. The monoisotopic (exact) mass is 329 g/mol. The Labute approximate surface area is 141 Å². The largest absolute Gasteiger partial charge is 0.493 e. The van der Waals surface area contributed by atoms with E-state index in [1.807, 2.05) is 30.3 Å². The molecule has 120 valence electrons. The standard InChI is InChI=1S/C17H19N3O2S/c1-12-3-5-13(6-4-12)11-22-15-8-7-14(9-16(15)21-2)10-19-20-17(18)23/h3-10H,11H2,1-2H3,(H3,18,20,23)/b19-10-. The number of hydrogen-bond donors (Lipinski definition) is 2. The summed E-state index contributed by atoms with van der Waals surface area (Å²) in [7, 11) is 1.60. The fourth-order valence-electron chi connectivity index (χ4n) is 1.90. The van der Waals surface area contributed by atoms with Crippen LogP contribution in [0.1, 0.15) is 16.7 Å². The summed E-state index contributed by atoms with van der Waals surface area (Å²) in [5.41, 5.74) is 11.0. The van der Waals surface area contributed by atoms with Gasteiger partial charge in [-0.05, 0) is 48.5 Å². The average Bonchev–Trinajstić information content (AvgIpc) is 2.54. The Morgan fingerprint density at radius 1 is 1.22 bits per heavy atom. The summed E-state index contributed by atoms with van der Waals surface area (Å²) in [5, 5.41) is 4.03. The van der Waals surface area contributed by atoms with Crippen molar-refractivity contribution in [2.24, 2.45) is 10.8 Å². The number of thiocarbonyl (C=S) groups is 1. The highest BCUT2D eigenvalue weighted by Gasteiger charge is 2.05. The SMILES string of the molecule is COc1cc(/C=N\NC(N)=S)ccc1OCc1ccc(C)cc1. The Hall–Kier alpha value is -2.60. The van der Waals surface area contributed by atoms with Crippen LogP contribution >= 0.6 is 12.2 Å². The van der Waals surface area contributed by atoms with Gasteiger partial charge in [-0.2, -0.15) is 5.10 Å². The van der Waals surface area contributed by atoms with Crippen LogP contribution in [0, 0.1) is 6.92 Å². The zero-order chi connectivity index (χ0) is 16.7. The summed E-state index contributed by atoms with van der Waals surface area (Å²) in [6.45, 7) is 2.53. The molecule has 0 saturated carbocycles. The Bertz CT molecular complexity index is 699. The number of ether oxygens (including phenoxy) is 2. The number of hydrogen-bond acceptors (Lipinski definition) is 4. The number of rotatable bonds is 6. The van der Waals surface area contributed by atoms with E-state index in [4.69, 9.17) is 15.2 Å². The highest BCUT2D eigenvalue weighted by atomic mass is 32.1. The topological polar surface area (TPSA) is 68.9 Å². The van der Waals surface area contributed by atoms with E-state index in [1.54, 1.807) is 13.3 Å². The zero-order valence-electron chi connectivity index (χ0n) is 13.1. The number of nitrogens with one attached hydrogen (secondary N) is 1. The van der Waals surface area contributed by atoms with E-state index < -0.39 is 0 Å². The summed E-state index contributed by atoms with van der Waals surface area (Å²) in [6, 6.07) is 13.8. The highest BCUT2D eigenvalue weighted by Crippen LogP contribution is 2.28. The van der Waals surface area contributed by atoms with E-state index in [9.17, 15) is 0 Å². The van der Waals surface area contributed by atoms with E-state index in [0.29, 0.717) is 18.1 Å². The van der Waals surface area contributed by atoms with Crippen molar-refractivity contribution in [3.63, 3.8) is 0 Å². The molecule has 0 heterocycles. The van der Waals surface area contributed by atoms with Gasteiger partial charge in [-0.15, -0.1) is 0 Å². The van der Waals surface area contributed by atoms with Crippen molar-refractivity contribution in [2.75, 3.05) is 7.11 Å². The molecule has 3 N–H and O–H groups in total. The predicted molar refractivity (Wildman–Crippen MR) is 96.0 cm³/mol. The third-order valence-corrected chi connectivity index (χ3v) is 3.18. The van der Waals surface area contributed by atoms with E-state index in [0.717, 1.165) is 11.1 Å². The van der Waals surface area contributed by atoms with Crippen LogP contribution in [0.2, 0.25) is 0 Å². The summed E-state index contributed by atoms with van der Waals surface area (Å²) in [5.74, 6) is 1.31. The molecule has 0 spiro atoms. The first-order chi connectivity index (χ1) is 11.1. The molecule has 0 aromatic heterocycles. The molecule has 0 aliphatic heterocycles. The van der Waals surface area contributed by atoms with Crippen molar-refractivity contribution in [1.82, 2.24) is 5.43 Å². The van der Waals surface area contributed by atoms with E-state index >= 15 is 0 Å². The minimum atomic E-state index is 0.117. The van der Waals surface area contributed by atoms with Crippen LogP contribution in [0.4, 0.5) is 0 Å². The summed E-state index contributed by atoms with van der Waals surface area (Å²) >= 11 is 4.68. The van der Waals surface area contributed by atoms with Crippen molar-refractivity contribution in [3.8, 4) is 11.5 Å². The Morgan fingerprint density at radius 3 is 2.61 bits per heavy atom. The second kappa shape index (κ2) is 8.14. The van der Waals surface area contributed by atoms with Gasteiger partial charge in [0.25, 0.3) is 0 Å². The Balaban J connectivity index is 2.05. The minimum absolute atomic E-state index is 0.117. The van der Waals surface area contributed by atoms with Crippen LogP contribution in [0.3, 0.4) is 0 Å². The van der Waals surface area contributed by atoms with Crippen LogP contribution in [-0.2, 0) is 6.61 Å². The normalized spacial score (nSPS) is 10.5. The average molecular weight is 329 g/mol. The molecule has 5 nitrogen and oxygen atoms in total. The van der Waals surface area contributed by atoms with Crippen LogP contribution in [0.15, 0.2) is 47.6 Å². The molecule has 0 atom stereocenters. The number of methoxy groups -OCH3 is 1. The molecule has 0 fully saturated rings. The molecule has 6 heteroatoms. The first-order valence-corrected chi connectivity index (χ1v) is 7.44. The van der Waals surface area contributed by atoms with Gasteiger partial charge in [-0.3, -0.25) is 5.43 Å². The lowest BCUT2D eigenvalue weighted by Crippen LogP contribution is -2.23. The second-order valence-electron chi connectivity index (χ2n) is 4.92. The number of aryl methyl sites for hydroxylation is 1. The summed E-state index contributed by atoms with van der Waals surface area (Å²) in [6.07, 6.45) is 1.60. The van der Waals surface area contributed by atoms with Crippen molar-refractivity contribution < 1.29 is 9.47 Å². The van der Waals surface area contributed by atoms with Gasteiger partial charge in [0.2, 0.25) is 0 Å². The van der Waals surface area contributed by atoms with Crippen LogP contribution in [0.5, 0.6) is 11.5 Å². The summed E-state index contributed by atoms with van der Waals surface area (Å²) in [4.78, 5) is 0. The van der Waals surface area contributed by atoms with Gasteiger partial charge in [-0.25, -0.2) is 0 Å². The smallest absolute Gasteiger partial charge is 0.184 e.